The molecule has 0 bridgehead atoms. The molecule has 1 aliphatic carbocycles. The van der Waals surface area contributed by atoms with Crippen molar-refractivity contribution < 1.29 is 0 Å². The van der Waals surface area contributed by atoms with Crippen molar-refractivity contribution >= 4 is 11.6 Å². The Labute approximate surface area is 89.5 Å². The Hall–Kier alpha value is -0.600. The molecule has 0 aliphatic heterocycles. The molecule has 14 heavy (non-hydrogen) atoms. The second-order valence-electron chi connectivity index (χ2n) is 4.53. The fraction of sp³-hybridized carbons (Fsp3) is 0.545. The van der Waals surface area contributed by atoms with Gasteiger partial charge in [0.2, 0.25) is 0 Å². The van der Waals surface area contributed by atoms with Gasteiger partial charge in [-0.2, -0.15) is 0 Å². The van der Waals surface area contributed by atoms with Crippen LogP contribution in [-0.4, -0.2) is 11.5 Å². The molecule has 2 atom stereocenters. The van der Waals surface area contributed by atoms with E-state index in [-0.39, 0.29) is 5.41 Å². The molecule has 1 saturated carbocycles. The van der Waals surface area contributed by atoms with Gasteiger partial charge in [-0.05, 0) is 30.0 Å². The first-order valence-electron chi connectivity index (χ1n) is 4.90. The number of halogens is 1. The first kappa shape index (κ1) is 9.94. The maximum atomic E-state index is 5.86. The molecular weight excluding hydrogens is 196 g/mol. The van der Waals surface area contributed by atoms with Gasteiger partial charge in [0.1, 0.15) is 5.15 Å². The summed E-state index contributed by atoms with van der Waals surface area (Å²) in [5, 5.41) is 0.570. The zero-order chi connectivity index (χ0) is 10.3. The summed E-state index contributed by atoms with van der Waals surface area (Å²) in [6.07, 6.45) is 0. The van der Waals surface area contributed by atoms with E-state index in [1.54, 1.807) is 6.07 Å². The van der Waals surface area contributed by atoms with Gasteiger partial charge in [-0.1, -0.05) is 31.5 Å². The number of rotatable bonds is 2. The van der Waals surface area contributed by atoms with E-state index < -0.39 is 0 Å². The highest BCUT2D eigenvalue weighted by Gasteiger charge is 2.57. The fourth-order valence-electron chi connectivity index (χ4n) is 2.37. The van der Waals surface area contributed by atoms with Crippen LogP contribution in [0.3, 0.4) is 0 Å². The quantitative estimate of drug-likeness (QED) is 0.762. The standard InChI is InChI=1S/C11H15ClN2/c1-11(2)7(6-13)10(11)8-4-3-5-9(12)14-8/h3-5,7,10H,6,13H2,1-2H3. The second kappa shape index (κ2) is 3.21. The molecule has 76 valence electrons. The van der Waals surface area contributed by atoms with Crippen molar-refractivity contribution in [3.05, 3.63) is 29.0 Å². The van der Waals surface area contributed by atoms with E-state index >= 15 is 0 Å². The molecule has 2 unspecified atom stereocenters. The Kier molecular flexibility index (Phi) is 2.28. The van der Waals surface area contributed by atoms with Crippen molar-refractivity contribution in [2.24, 2.45) is 17.1 Å². The predicted molar refractivity (Wildman–Crippen MR) is 58.3 cm³/mol. The van der Waals surface area contributed by atoms with Crippen LogP contribution in [0.5, 0.6) is 0 Å². The lowest BCUT2D eigenvalue weighted by molar-refractivity contribution is 0.557. The van der Waals surface area contributed by atoms with Crippen LogP contribution in [0.4, 0.5) is 0 Å². The Balaban J connectivity index is 2.26. The third kappa shape index (κ3) is 1.43. The first-order valence-corrected chi connectivity index (χ1v) is 5.27. The van der Waals surface area contributed by atoms with Crippen molar-refractivity contribution in [2.45, 2.75) is 19.8 Å². The van der Waals surface area contributed by atoms with Gasteiger partial charge in [0, 0.05) is 11.6 Å². The summed E-state index contributed by atoms with van der Waals surface area (Å²) in [6, 6.07) is 5.79. The highest BCUT2D eigenvalue weighted by atomic mass is 35.5. The molecular formula is C11H15ClN2. The molecule has 0 aromatic carbocycles. The van der Waals surface area contributed by atoms with Gasteiger partial charge in [0.25, 0.3) is 0 Å². The lowest BCUT2D eigenvalue weighted by atomic mass is 10.1. The van der Waals surface area contributed by atoms with Gasteiger partial charge in [-0.15, -0.1) is 0 Å². The van der Waals surface area contributed by atoms with Gasteiger partial charge >= 0.3 is 0 Å². The summed E-state index contributed by atoms with van der Waals surface area (Å²) in [7, 11) is 0. The molecule has 1 aromatic heterocycles. The predicted octanol–water partition coefficient (Wildman–Crippen LogP) is 2.43. The maximum Gasteiger partial charge on any atom is 0.129 e. The topological polar surface area (TPSA) is 38.9 Å². The minimum absolute atomic E-state index is 0.284. The van der Waals surface area contributed by atoms with Crippen LogP contribution in [0.2, 0.25) is 5.15 Å². The SMILES string of the molecule is CC1(C)C(CN)C1c1cccc(Cl)n1. The van der Waals surface area contributed by atoms with Crippen molar-refractivity contribution in [3.63, 3.8) is 0 Å². The van der Waals surface area contributed by atoms with E-state index in [0.29, 0.717) is 17.0 Å². The van der Waals surface area contributed by atoms with Crippen molar-refractivity contribution in [3.8, 4) is 0 Å². The van der Waals surface area contributed by atoms with Crippen LogP contribution in [0, 0.1) is 11.3 Å². The smallest absolute Gasteiger partial charge is 0.129 e. The van der Waals surface area contributed by atoms with Crippen LogP contribution in [0.15, 0.2) is 18.2 Å². The van der Waals surface area contributed by atoms with Crippen LogP contribution in [0.1, 0.15) is 25.5 Å². The van der Waals surface area contributed by atoms with Crippen LogP contribution < -0.4 is 5.73 Å². The largest absolute Gasteiger partial charge is 0.330 e. The minimum Gasteiger partial charge on any atom is -0.330 e. The van der Waals surface area contributed by atoms with Gasteiger partial charge in [-0.3, -0.25) is 0 Å². The van der Waals surface area contributed by atoms with Crippen molar-refractivity contribution in [1.82, 2.24) is 4.98 Å². The molecule has 0 radical (unpaired) electrons. The van der Waals surface area contributed by atoms with Gasteiger partial charge in [-0.25, -0.2) is 4.98 Å². The van der Waals surface area contributed by atoms with E-state index in [1.165, 1.54) is 0 Å². The number of hydrogen-bond donors (Lipinski definition) is 1. The van der Waals surface area contributed by atoms with E-state index in [2.05, 4.69) is 18.8 Å². The molecule has 2 nitrogen and oxygen atoms in total. The summed E-state index contributed by atoms with van der Waals surface area (Å²) in [6.45, 7) is 5.20. The monoisotopic (exact) mass is 210 g/mol. The molecule has 1 aromatic rings. The summed E-state index contributed by atoms with van der Waals surface area (Å²) in [5.41, 5.74) is 7.08. The van der Waals surface area contributed by atoms with Crippen molar-refractivity contribution in [1.29, 1.82) is 0 Å². The summed E-state index contributed by atoms with van der Waals surface area (Å²) in [5.74, 6) is 1.03. The molecule has 0 saturated heterocycles. The summed E-state index contributed by atoms with van der Waals surface area (Å²) in [4.78, 5) is 4.34. The number of nitrogens with two attached hydrogens (primary N) is 1. The normalized spacial score (nSPS) is 28.9. The number of hydrogen-bond acceptors (Lipinski definition) is 2. The number of aromatic nitrogens is 1. The van der Waals surface area contributed by atoms with Crippen LogP contribution >= 0.6 is 11.6 Å². The average Bonchev–Trinajstić information content (AvgIpc) is 2.68. The molecule has 1 aliphatic rings. The lowest BCUT2D eigenvalue weighted by Crippen LogP contribution is -2.05. The van der Waals surface area contributed by atoms with E-state index in [4.69, 9.17) is 17.3 Å². The molecule has 2 rings (SSSR count). The third-order valence-corrected chi connectivity index (χ3v) is 3.57. The maximum absolute atomic E-state index is 5.86. The summed E-state index contributed by atoms with van der Waals surface area (Å²) < 4.78 is 0. The van der Waals surface area contributed by atoms with E-state index in [1.807, 2.05) is 12.1 Å². The first-order chi connectivity index (χ1) is 6.57. The molecule has 2 N–H and O–H groups in total. The van der Waals surface area contributed by atoms with E-state index in [9.17, 15) is 0 Å². The van der Waals surface area contributed by atoms with Gasteiger partial charge < -0.3 is 5.73 Å². The van der Waals surface area contributed by atoms with Gasteiger partial charge in [0.15, 0.2) is 0 Å². The molecule has 1 fully saturated rings. The summed E-state index contributed by atoms with van der Waals surface area (Å²) >= 11 is 5.86. The van der Waals surface area contributed by atoms with Crippen LogP contribution in [0.25, 0.3) is 0 Å². The second-order valence-corrected chi connectivity index (χ2v) is 4.91. The zero-order valence-corrected chi connectivity index (χ0v) is 9.25. The highest BCUT2D eigenvalue weighted by Crippen LogP contribution is 2.63. The molecule has 0 spiro atoms. The van der Waals surface area contributed by atoms with E-state index in [0.717, 1.165) is 12.2 Å². The lowest BCUT2D eigenvalue weighted by Gasteiger charge is -2.01. The number of nitrogens with zero attached hydrogens (tertiary/aromatic N) is 1. The Morgan fingerprint density at radius 3 is 2.71 bits per heavy atom. The Morgan fingerprint density at radius 1 is 1.50 bits per heavy atom. The van der Waals surface area contributed by atoms with Crippen LogP contribution in [-0.2, 0) is 0 Å². The average molecular weight is 211 g/mol. The number of pyridine rings is 1. The highest BCUT2D eigenvalue weighted by molar-refractivity contribution is 6.29. The Bertz CT molecular complexity index is 349. The molecule has 3 heteroatoms. The van der Waals surface area contributed by atoms with Crippen molar-refractivity contribution in [2.75, 3.05) is 6.54 Å². The zero-order valence-electron chi connectivity index (χ0n) is 8.50. The Morgan fingerprint density at radius 2 is 2.21 bits per heavy atom. The molecule has 0 amide bonds. The molecule has 1 heterocycles. The minimum atomic E-state index is 0.284. The van der Waals surface area contributed by atoms with Gasteiger partial charge in [0.05, 0.1) is 0 Å². The third-order valence-electron chi connectivity index (χ3n) is 3.36. The fourth-order valence-corrected chi connectivity index (χ4v) is 2.54.